The lowest BCUT2D eigenvalue weighted by molar-refractivity contribution is 0.102. The van der Waals surface area contributed by atoms with E-state index in [0.717, 1.165) is 5.56 Å². The molecule has 0 spiro atoms. The summed E-state index contributed by atoms with van der Waals surface area (Å²) in [6.45, 7) is 0. The molecule has 8 heteroatoms. The van der Waals surface area contributed by atoms with E-state index >= 15 is 0 Å². The van der Waals surface area contributed by atoms with Gasteiger partial charge in [-0.15, -0.1) is 0 Å². The first-order valence-electron chi connectivity index (χ1n) is 9.58. The molecule has 0 saturated heterocycles. The van der Waals surface area contributed by atoms with Gasteiger partial charge >= 0.3 is 0 Å². The molecule has 150 valence electrons. The highest BCUT2D eigenvalue weighted by Crippen LogP contribution is 2.28. The Morgan fingerprint density at radius 3 is 2.35 bits per heavy atom. The summed E-state index contributed by atoms with van der Waals surface area (Å²) in [4.78, 5) is 26.5. The van der Waals surface area contributed by atoms with E-state index in [1.54, 1.807) is 30.7 Å². The summed E-state index contributed by atoms with van der Waals surface area (Å²) in [6.07, 6.45) is 4.97. The van der Waals surface area contributed by atoms with Crippen LogP contribution in [0.2, 0.25) is 0 Å². The number of aromatic nitrogens is 4. The van der Waals surface area contributed by atoms with Crippen molar-refractivity contribution in [3.63, 3.8) is 0 Å². The van der Waals surface area contributed by atoms with E-state index in [9.17, 15) is 4.79 Å². The summed E-state index contributed by atoms with van der Waals surface area (Å²) < 4.78 is 1.44. The molecule has 31 heavy (non-hydrogen) atoms. The van der Waals surface area contributed by atoms with E-state index in [1.807, 2.05) is 54.6 Å². The van der Waals surface area contributed by atoms with Crippen LogP contribution in [0.4, 0.5) is 11.5 Å². The van der Waals surface area contributed by atoms with Crippen LogP contribution in [0, 0.1) is 0 Å². The first kappa shape index (κ1) is 18.4. The fraction of sp³-hybridized carbons (Fsp3) is 0. The highest BCUT2D eigenvalue weighted by molar-refractivity contribution is 6.16. The van der Waals surface area contributed by atoms with Crippen molar-refractivity contribution in [3.8, 4) is 0 Å². The van der Waals surface area contributed by atoms with Gasteiger partial charge in [0.25, 0.3) is 5.91 Å². The summed E-state index contributed by atoms with van der Waals surface area (Å²) in [7, 11) is 0. The first-order valence-corrected chi connectivity index (χ1v) is 9.58. The number of benzene rings is 2. The predicted octanol–water partition coefficient (Wildman–Crippen LogP) is 3.70. The number of carbonyl (C=O) groups excluding carboxylic acids is 1. The molecule has 3 N–H and O–H groups in total. The number of anilines is 2. The molecular formula is C23H17N7O. The first-order chi connectivity index (χ1) is 15.2. The van der Waals surface area contributed by atoms with Gasteiger partial charge in [0.2, 0.25) is 0 Å². The number of para-hydroxylation sites is 3. The molecule has 0 atom stereocenters. The number of carbonyl (C=O) groups is 1. The van der Waals surface area contributed by atoms with Crippen molar-refractivity contribution in [2.75, 3.05) is 11.1 Å². The highest BCUT2D eigenvalue weighted by Gasteiger charge is 2.24. The maximum absolute atomic E-state index is 13.1. The summed E-state index contributed by atoms with van der Waals surface area (Å²) in [5.41, 5.74) is 10.2. The van der Waals surface area contributed by atoms with Crippen molar-refractivity contribution < 1.29 is 4.79 Å². The Hall–Kier alpha value is -4.59. The van der Waals surface area contributed by atoms with Gasteiger partial charge in [-0.3, -0.25) is 9.78 Å². The third-order valence-electron chi connectivity index (χ3n) is 4.76. The number of nitrogen functional groups attached to an aromatic ring is 1. The van der Waals surface area contributed by atoms with Crippen molar-refractivity contribution in [2.24, 2.45) is 5.10 Å². The second kappa shape index (κ2) is 7.68. The van der Waals surface area contributed by atoms with E-state index < -0.39 is 0 Å². The fourth-order valence-electron chi connectivity index (χ4n) is 3.28. The number of nitrogens with zero attached hydrogens (tertiary/aromatic N) is 5. The number of fused-ring (bicyclic) bond motifs is 2. The van der Waals surface area contributed by atoms with Crippen molar-refractivity contribution in [1.82, 2.24) is 19.6 Å². The van der Waals surface area contributed by atoms with Crippen molar-refractivity contribution in [1.29, 1.82) is 0 Å². The van der Waals surface area contributed by atoms with E-state index in [0.29, 0.717) is 27.9 Å². The van der Waals surface area contributed by atoms with Gasteiger partial charge in [-0.05, 0) is 42.0 Å². The summed E-state index contributed by atoms with van der Waals surface area (Å²) in [5, 5.41) is 7.34. The highest BCUT2D eigenvalue weighted by atomic mass is 16.1. The molecule has 5 aromatic rings. The predicted molar refractivity (Wildman–Crippen MR) is 121 cm³/mol. The van der Waals surface area contributed by atoms with Gasteiger partial charge in [-0.25, -0.2) is 9.97 Å². The van der Waals surface area contributed by atoms with Gasteiger partial charge in [0.1, 0.15) is 16.9 Å². The molecule has 5 rings (SSSR count). The number of rotatable bonds is 4. The van der Waals surface area contributed by atoms with Crippen LogP contribution in [0.3, 0.4) is 0 Å². The van der Waals surface area contributed by atoms with E-state index in [4.69, 9.17) is 5.73 Å². The Labute approximate surface area is 177 Å². The van der Waals surface area contributed by atoms with Crippen molar-refractivity contribution >= 4 is 45.8 Å². The maximum Gasteiger partial charge on any atom is 0.261 e. The Morgan fingerprint density at radius 1 is 0.935 bits per heavy atom. The summed E-state index contributed by atoms with van der Waals surface area (Å²) in [5.74, 6) is -0.222. The molecule has 0 fully saturated rings. The number of nitrogens with one attached hydrogen (secondary N) is 1. The molecule has 0 aliphatic heterocycles. The summed E-state index contributed by atoms with van der Waals surface area (Å²) in [6, 6.07) is 20.2. The molecule has 0 saturated carbocycles. The number of hydrogen-bond acceptors (Lipinski definition) is 6. The smallest absolute Gasteiger partial charge is 0.261 e. The monoisotopic (exact) mass is 407 g/mol. The van der Waals surface area contributed by atoms with Crippen LogP contribution >= 0.6 is 0 Å². The van der Waals surface area contributed by atoms with Crippen LogP contribution in [0.5, 0.6) is 0 Å². The largest absolute Gasteiger partial charge is 0.383 e. The molecule has 0 unspecified atom stereocenters. The molecule has 1 amide bonds. The molecule has 0 aliphatic rings. The molecule has 8 nitrogen and oxygen atoms in total. The third-order valence-corrected chi connectivity index (χ3v) is 4.76. The SMILES string of the molecule is Nc1c(C(=O)Nc2ccccc2)c2nc3ccccc3nc2n1N=Cc1ccncc1. The minimum atomic E-state index is -0.379. The molecule has 3 heterocycles. The van der Waals surface area contributed by atoms with Crippen LogP contribution in [0.25, 0.3) is 22.2 Å². The summed E-state index contributed by atoms with van der Waals surface area (Å²) >= 11 is 0. The zero-order valence-corrected chi connectivity index (χ0v) is 16.3. The minimum Gasteiger partial charge on any atom is -0.383 e. The topological polar surface area (TPSA) is 111 Å². The number of nitrogens with two attached hydrogens (primary N) is 1. The Bertz CT molecular complexity index is 1430. The second-order valence-electron chi connectivity index (χ2n) is 6.80. The lowest BCUT2D eigenvalue weighted by atomic mass is 10.2. The van der Waals surface area contributed by atoms with Gasteiger partial charge in [0.05, 0.1) is 17.2 Å². The van der Waals surface area contributed by atoms with Gasteiger partial charge in [-0.2, -0.15) is 9.78 Å². The second-order valence-corrected chi connectivity index (χ2v) is 6.80. The van der Waals surface area contributed by atoms with Gasteiger partial charge < -0.3 is 11.1 Å². The van der Waals surface area contributed by atoms with Gasteiger partial charge in [-0.1, -0.05) is 30.3 Å². The van der Waals surface area contributed by atoms with Gasteiger partial charge in [0, 0.05) is 18.1 Å². The zero-order valence-electron chi connectivity index (χ0n) is 16.3. The third kappa shape index (κ3) is 3.46. The Morgan fingerprint density at radius 2 is 1.61 bits per heavy atom. The lowest BCUT2D eigenvalue weighted by Crippen LogP contribution is -2.14. The molecule has 0 radical (unpaired) electrons. The Kier molecular flexibility index (Phi) is 4.57. The fourth-order valence-corrected chi connectivity index (χ4v) is 3.28. The standard InChI is InChI=1S/C23H17N7O/c24-21-19(23(31)27-16-6-2-1-3-7-16)20-22(29-18-9-5-4-8-17(18)28-20)30(21)26-14-15-10-12-25-13-11-15/h1-14H,24H2,(H,27,31). The molecule has 3 aromatic heterocycles. The van der Waals surface area contributed by atoms with Crippen LogP contribution in [0.1, 0.15) is 15.9 Å². The van der Waals surface area contributed by atoms with Crippen LogP contribution in [0.15, 0.2) is 84.2 Å². The lowest BCUT2D eigenvalue weighted by Gasteiger charge is -2.05. The minimum absolute atomic E-state index is 0.157. The number of amides is 1. The van der Waals surface area contributed by atoms with Crippen LogP contribution in [-0.4, -0.2) is 31.7 Å². The number of pyridine rings is 1. The van der Waals surface area contributed by atoms with E-state index in [2.05, 4.69) is 25.4 Å². The van der Waals surface area contributed by atoms with Gasteiger partial charge in [0.15, 0.2) is 5.65 Å². The zero-order chi connectivity index (χ0) is 21.2. The number of hydrogen-bond donors (Lipinski definition) is 2. The normalized spacial score (nSPS) is 11.4. The maximum atomic E-state index is 13.1. The van der Waals surface area contributed by atoms with E-state index in [1.165, 1.54) is 4.68 Å². The Balaban J connectivity index is 1.68. The average molecular weight is 407 g/mol. The molecule has 0 aliphatic carbocycles. The molecular weight excluding hydrogens is 390 g/mol. The molecule has 0 bridgehead atoms. The van der Waals surface area contributed by atoms with Crippen molar-refractivity contribution in [2.45, 2.75) is 0 Å². The van der Waals surface area contributed by atoms with Crippen LogP contribution < -0.4 is 11.1 Å². The van der Waals surface area contributed by atoms with Crippen molar-refractivity contribution in [3.05, 3.63) is 90.3 Å². The molecule has 2 aromatic carbocycles. The van der Waals surface area contributed by atoms with Crippen LogP contribution in [-0.2, 0) is 0 Å². The average Bonchev–Trinajstić information content (AvgIpc) is 3.07. The quantitative estimate of drug-likeness (QED) is 0.441. The van der Waals surface area contributed by atoms with E-state index in [-0.39, 0.29) is 17.3 Å².